The number of anilines is 2. The van der Waals surface area contributed by atoms with Crippen LogP contribution in [-0.2, 0) is 4.74 Å². The van der Waals surface area contributed by atoms with Gasteiger partial charge < -0.3 is 15.4 Å². The van der Waals surface area contributed by atoms with E-state index in [2.05, 4.69) is 9.97 Å². The lowest BCUT2D eigenvalue weighted by molar-refractivity contribution is 0.0526. The summed E-state index contributed by atoms with van der Waals surface area (Å²) in [5.74, 6) is 0.597. The zero-order valence-corrected chi connectivity index (χ0v) is 12.3. The van der Waals surface area contributed by atoms with E-state index in [1.54, 1.807) is 24.0 Å². The van der Waals surface area contributed by atoms with Crippen molar-refractivity contribution in [3.8, 4) is 11.4 Å². The summed E-state index contributed by atoms with van der Waals surface area (Å²) in [4.78, 5) is 22.4. The Hall–Kier alpha value is -2.63. The van der Waals surface area contributed by atoms with Gasteiger partial charge in [0.2, 0.25) is 0 Å². The molecule has 0 aliphatic rings. The van der Waals surface area contributed by atoms with Crippen LogP contribution in [0.1, 0.15) is 17.3 Å². The highest BCUT2D eigenvalue weighted by Gasteiger charge is 2.17. The molecule has 2 N–H and O–H groups in total. The number of nitrogens with zero attached hydrogens (tertiary/aromatic N) is 3. The minimum absolute atomic E-state index is 0.308. The van der Waals surface area contributed by atoms with E-state index in [0.29, 0.717) is 29.5 Å². The summed E-state index contributed by atoms with van der Waals surface area (Å²) in [6.45, 7) is 2.07. The van der Waals surface area contributed by atoms with Crippen molar-refractivity contribution in [2.45, 2.75) is 6.92 Å². The smallest absolute Gasteiger partial charge is 0.343 e. The molecule has 0 radical (unpaired) electrons. The first-order chi connectivity index (χ1) is 10.0. The maximum absolute atomic E-state index is 11.9. The summed E-state index contributed by atoms with van der Waals surface area (Å²) in [6, 6.07) is 7.29. The van der Waals surface area contributed by atoms with E-state index in [9.17, 15) is 4.79 Å². The van der Waals surface area contributed by atoms with E-state index in [-0.39, 0.29) is 0 Å². The lowest BCUT2D eigenvalue weighted by Crippen LogP contribution is -2.18. The fraction of sp³-hybridized carbons (Fsp3) is 0.267. The molecule has 0 amide bonds. The molecule has 21 heavy (non-hydrogen) atoms. The number of benzene rings is 1. The molecular formula is C15H18N4O2. The summed E-state index contributed by atoms with van der Waals surface area (Å²) >= 11 is 0. The zero-order valence-electron chi connectivity index (χ0n) is 12.3. The van der Waals surface area contributed by atoms with Gasteiger partial charge in [0.1, 0.15) is 11.4 Å². The molecule has 0 saturated carbocycles. The summed E-state index contributed by atoms with van der Waals surface area (Å²) in [5, 5.41) is 0. The van der Waals surface area contributed by atoms with Gasteiger partial charge in [-0.25, -0.2) is 14.8 Å². The molecule has 0 aliphatic carbocycles. The molecule has 1 aromatic carbocycles. The quantitative estimate of drug-likeness (QED) is 0.683. The molecule has 110 valence electrons. The van der Waals surface area contributed by atoms with E-state index < -0.39 is 5.97 Å². The molecule has 2 rings (SSSR count). The second-order valence-electron chi connectivity index (χ2n) is 4.67. The molecule has 0 bridgehead atoms. The summed E-state index contributed by atoms with van der Waals surface area (Å²) in [6.07, 6.45) is 1.48. The number of hydrogen-bond donors (Lipinski definition) is 1. The van der Waals surface area contributed by atoms with Crippen molar-refractivity contribution in [1.82, 2.24) is 9.97 Å². The SMILES string of the molecule is CCOC(=O)c1cnc(-c2cccc(N)c2)nc1N(C)C. The maximum Gasteiger partial charge on any atom is 0.343 e. The average molecular weight is 286 g/mol. The first-order valence-electron chi connectivity index (χ1n) is 6.60. The lowest BCUT2D eigenvalue weighted by Gasteiger charge is -2.16. The van der Waals surface area contributed by atoms with Crippen molar-refractivity contribution in [3.63, 3.8) is 0 Å². The predicted molar refractivity (Wildman–Crippen MR) is 82.2 cm³/mol. The summed E-state index contributed by atoms with van der Waals surface area (Å²) < 4.78 is 5.02. The van der Waals surface area contributed by atoms with Crippen molar-refractivity contribution >= 4 is 17.5 Å². The Balaban J connectivity index is 2.48. The Kier molecular flexibility index (Phi) is 4.37. The van der Waals surface area contributed by atoms with Crippen LogP contribution in [0.15, 0.2) is 30.5 Å². The Morgan fingerprint density at radius 3 is 2.76 bits per heavy atom. The van der Waals surface area contributed by atoms with Crippen LogP contribution < -0.4 is 10.6 Å². The van der Waals surface area contributed by atoms with Crippen LogP contribution in [0.3, 0.4) is 0 Å². The number of nitrogens with two attached hydrogens (primary N) is 1. The first kappa shape index (κ1) is 14.8. The van der Waals surface area contributed by atoms with Crippen LogP contribution >= 0.6 is 0 Å². The number of carbonyl (C=O) groups excluding carboxylic acids is 1. The number of esters is 1. The van der Waals surface area contributed by atoms with Crippen molar-refractivity contribution in [3.05, 3.63) is 36.0 Å². The van der Waals surface area contributed by atoms with Crippen LogP contribution in [0.25, 0.3) is 11.4 Å². The van der Waals surface area contributed by atoms with Crippen LogP contribution in [0.2, 0.25) is 0 Å². The van der Waals surface area contributed by atoms with Gasteiger partial charge in [0.25, 0.3) is 0 Å². The van der Waals surface area contributed by atoms with Crippen molar-refractivity contribution < 1.29 is 9.53 Å². The van der Waals surface area contributed by atoms with E-state index >= 15 is 0 Å². The summed E-state index contributed by atoms with van der Waals surface area (Å²) in [5.41, 5.74) is 7.55. The van der Waals surface area contributed by atoms with Crippen LogP contribution in [-0.4, -0.2) is 36.6 Å². The molecule has 0 saturated heterocycles. The number of hydrogen-bond acceptors (Lipinski definition) is 6. The molecule has 0 spiro atoms. The van der Waals surface area contributed by atoms with Crippen LogP contribution in [0, 0.1) is 0 Å². The Labute approximate surface area is 123 Å². The third kappa shape index (κ3) is 3.28. The number of nitrogen functional groups attached to an aromatic ring is 1. The Morgan fingerprint density at radius 2 is 2.14 bits per heavy atom. The van der Waals surface area contributed by atoms with E-state index in [1.807, 2.05) is 26.2 Å². The zero-order chi connectivity index (χ0) is 15.4. The fourth-order valence-electron chi connectivity index (χ4n) is 1.88. The lowest BCUT2D eigenvalue weighted by atomic mass is 10.2. The number of rotatable bonds is 4. The summed E-state index contributed by atoms with van der Waals surface area (Å²) in [7, 11) is 3.63. The van der Waals surface area contributed by atoms with Gasteiger partial charge in [0.05, 0.1) is 6.61 Å². The number of carbonyl (C=O) groups is 1. The second-order valence-corrected chi connectivity index (χ2v) is 4.67. The molecule has 2 aromatic rings. The average Bonchev–Trinajstić information content (AvgIpc) is 2.46. The molecule has 1 heterocycles. The molecule has 6 heteroatoms. The van der Waals surface area contributed by atoms with Gasteiger partial charge >= 0.3 is 5.97 Å². The molecule has 0 unspecified atom stereocenters. The van der Waals surface area contributed by atoms with E-state index in [4.69, 9.17) is 10.5 Å². The molecule has 6 nitrogen and oxygen atoms in total. The van der Waals surface area contributed by atoms with Crippen molar-refractivity contribution in [2.24, 2.45) is 0 Å². The van der Waals surface area contributed by atoms with Gasteiger partial charge in [-0.2, -0.15) is 0 Å². The van der Waals surface area contributed by atoms with Gasteiger partial charge in [-0.1, -0.05) is 12.1 Å². The van der Waals surface area contributed by atoms with Crippen LogP contribution in [0.4, 0.5) is 11.5 Å². The highest BCUT2D eigenvalue weighted by atomic mass is 16.5. The van der Waals surface area contributed by atoms with Gasteiger partial charge in [-0.05, 0) is 19.1 Å². The standard InChI is InChI=1S/C15H18N4O2/c1-4-21-15(20)12-9-17-13(18-14(12)19(2)3)10-6-5-7-11(16)8-10/h5-9H,4,16H2,1-3H3. The second kappa shape index (κ2) is 6.21. The first-order valence-corrected chi connectivity index (χ1v) is 6.60. The van der Waals surface area contributed by atoms with Crippen LogP contribution in [0.5, 0.6) is 0 Å². The van der Waals surface area contributed by atoms with E-state index in [0.717, 1.165) is 5.56 Å². The monoisotopic (exact) mass is 286 g/mol. The molecular weight excluding hydrogens is 268 g/mol. The predicted octanol–water partition coefficient (Wildman–Crippen LogP) is 1.97. The van der Waals surface area contributed by atoms with Crippen molar-refractivity contribution in [2.75, 3.05) is 31.3 Å². The number of ether oxygens (including phenoxy) is 1. The Morgan fingerprint density at radius 1 is 1.38 bits per heavy atom. The third-order valence-corrected chi connectivity index (χ3v) is 2.83. The molecule has 0 fully saturated rings. The minimum Gasteiger partial charge on any atom is -0.462 e. The maximum atomic E-state index is 11.9. The number of aromatic nitrogens is 2. The van der Waals surface area contributed by atoms with Gasteiger partial charge in [0.15, 0.2) is 5.82 Å². The Bertz CT molecular complexity index is 656. The van der Waals surface area contributed by atoms with Crippen molar-refractivity contribution in [1.29, 1.82) is 0 Å². The highest BCUT2D eigenvalue weighted by Crippen LogP contribution is 2.23. The molecule has 0 aliphatic heterocycles. The van der Waals surface area contributed by atoms with E-state index in [1.165, 1.54) is 6.20 Å². The van der Waals surface area contributed by atoms with Gasteiger partial charge in [-0.3, -0.25) is 0 Å². The highest BCUT2D eigenvalue weighted by molar-refractivity contribution is 5.94. The minimum atomic E-state index is -0.430. The van der Waals surface area contributed by atoms with Gasteiger partial charge in [0, 0.05) is 31.5 Å². The molecule has 1 aromatic heterocycles. The normalized spacial score (nSPS) is 10.2. The molecule has 0 atom stereocenters. The third-order valence-electron chi connectivity index (χ3n) is 2.83. The van der Waals surface area contributed by atoms with Gasteiger partial charge in [-0.15, -0.1) is 0 Å². The fourth-order valence-corrected chi connectivity index (χ4v) is 1.88. The topological polar surface area (TPSA) is 81.3 Å². The largest absolute Gasteiger partial charge is 0.462 e.